The smallest absolute Gasteiger partial charge is 0.275 e. The second-order valence-electron chi connectivity index (χ2n) is 5.61. The number of carbonyl (C=O) groups is 2. The van der Waals surface area contributed by atoms with Crippen molar-refractivity contribution in [2.75, 3.05) is 6.61 Å². The van der Waals surface area contributed by atoms with Crippen molar-refractivity contribution in [3.05, 3.63) is 71.8 Å². The number of benzene rings is 3. The number of carboxylic acids is 1. The van der Waals surface area contributed by atoms with Gasteiger partial charge in [0.1, 0.15) is 18.1 Å². The van der Waals surface area contributed by atoms with E-state index in [1.807, 2.05) is 24.3 Å². The molecule has 0 aliphatic carbocycles. The molecule has 0 aliphatic rings. The highest BCUT2D eigenvalue weighted by atomic mass is 16.5. The molecule has 0 aromatic heterocycles. The Morgan fingerprint density at radius 3 is 2.48 bits per heavy atom. The Morgan fingerprint density at radius 2 is 1.74 bits per heavy atom. The van der Waals surface area contributed by atoms with Crippen LogP contribution in [0.5, 0.6) is 11.5 Å². The molecule has 3 aromatic carbocycles. The van der Waals surface area contributed by atoms with E-state index < -0.39 is 18.5 Å². The van der Waals surface area contributed by atoms with E-state index in [0.717, 1.165) is 10.8 Å². The van der Waals surface area contributed by atoms with Crippen molar-refractivity contribution in [3.63, 3.8) is 0 Å². The molecule has 0 saturated carbocycles. The molecule has 27 heavy (non-hydrogen) atoms. The van der Waals surface area contributed by atoms with Gasteiger partial charge in [0, 0.05) is 5.56 Å². The van der Waals surface area contributed by atoms with Crippen molar-refractivity contribution >= 4 is 28.9 Å². The monoisotopic (exact) mass is 363 g/mol. The van der Waals surface area contributed by atoms with Gasteiger partial charge in [-0.2, -0.15) is 5.10 Å². The number of hydrogen-bond acceptors (Lipinski definition) is 6. The summed E-state index contributed by atoms with van der Waals surface area (Å²) in [6, 6.07) is 17.0. The number of carbonyl (C=O) groups excluding carboxylic acids is 2. The summed E-state index contributed by atoms with van der Waals surface area (Å²) < 4.78 is 5.10. The highest BCUT2D eigenvalue weighted by molar-refractivity contribution is 6.01. The standard InChI is InChI=1S/C20H16N2O5/c23-17-10-14-6-2-1-5-13(14)9-16(17)20(26)22-21-11-15-7-3-4-8-18(15)27-12-19(24)25/h1-11,23H,12H2,(H,22,26)(H,24,25)/p-1. The van der Waals surface area contributed by atoms with E-state index in [0.29, 0.717) is 5.56 Å². The molecule has 0 heterocycles. The fourth-order valence-corrected chi connectivity index (χ4v) is 2.49. The van der Waals surface area contributed by atoms with Crippen LogP contribution in [0.3, 0.4) is 0 Å². The molecule has 3 rings (SSSR count). The third kappa shape index (κ3) is 4.40. The van der Waals surface area contributed by atoms with Crippen LogP contribution < -0.4 is 15.3 Å². The Hall–Kier alpha value is -3.87. The van der Waals surface area contributed by atoms with Crippen molar-refractivity contribution in [1.82, 2.24) is 5.43 Å². The van der Waals surface area contributed by atoms with Gasteiger partial charge in [0.2, 0.25) is 0 Å². The predicted molar refractivity (Wildman–Crippen MR) is 97.6 cm³/mol. The lowest BCUT2D eigenvalue weighted by molar-refractivity contribution is -0.307. The number of ether oxygens (including phenoxy) is 1. The number of aromatic hydroxyl groups is 1. The van der Waals surface area contributed by atoms with E-state index in [1.165, 1.54) is 12.3 Å². The zero-order valence-electron chi connectivity index (χ0n) is 14.1. The third-order valence-corrected chi connectivity index (χ3v) is 3.74. The minimum atomic E-state index is -1.35. The van der Waals surface area contributed by atoms with Crippen molar-refractivity contribution in [2.24, 2.45) is 5.10 Å². The average Bonchev–Trinajstić information content (AvgIpc) is 2.66. The Balaban J connectivity index is 1.74. The molecule has 7 nitrogen and oxygen atoms in total. The number of carboxylic acid groups (broad SMARTS) is 1. The molecule has 2 N–H and O–H groups in total. The Labute approximate surface area is 154 Å². The zero-order valence-corrected chi connectivity index (χ0v) is 14.1. The topological polar surface area (TPSA) is 111 Å². The van der Waals surface area contributed by atoms with Gasteiger partial charge in [-0.05, 0) is 35.0 Å². The summed E-state index contributed by atoms with van der Waals surface area (Å²) in [6.07, 6.45) is 1.32. The lowest BCUT2D eigenvalue weighted by Crippen LogP contribution is -2.29. The quantitative estimate of drug-likeness (QED) is 0.508. The lowest BCUT2D eigenvalue weighted by atomic mass is 10.1. The fourth-order valence-electron chi connectivity index (χ4n) is 2.49. The Morgan fingerprint density at radius 1 is 1.07 bits per heavy atom. The van der Waals surface area contributed by atoms with Crippen LogP contribution in [0.25, 0.3) is 10.8 Å². The zero-order chi connectivity index (χ0) is 19.2. The number of rotatable bonds is 6. The summed E-state index contributed by atoms with van der Waals surface area (Å²) in [6.45, 7) is -0.595. The first-order valence-electron chi connectivity index (χ1n) is 8.01. The van der Waals surface area contributed by atoms with Gasteiger partial charge in [-0.25, -0.2) is 5.43 Å². The van der Waals surface area contributed by atoms with Gasteiger partial charge >= 0.3 is 0 Å². The number of para-hydroxylation sites is 1. The van der Waals surface area contributed by atoms with Crippen LogP contribution in [0.1, 0.15) is 15.9 Å². The summed E-state index contributed by atoms with van der Waals surface area (Å²) in [5.41, 5.74) is 2.90. The van der Waals surface area contributed by atoms with Crippen LogP contribution in [-0.2, 0) is 4.79 Å². The van der Waals surface area contributed by atoms with Crippen molar-refractivity contribution in [3.8, 4) is 11.5 Å². The van der Waals surface area contributed by atoms with Gasteiger partial charge in [0.05, 0.1) is 17.7 Å². The molecule has 0 fully saturated rings. The van der Waals surface area contributed by atoms with Crippen LogP contribution in [0.4, 0.5) is 0 Å². The van der Waals surface area contributed by atoms with E-state index in [9.17, 15) is 19.8 Å². The maximum Gasteiger partial charge on any atom is 0.275 e. The minimum absolute atomic E-state index is 0.0901. The molecule has 0 saturated heterocycles. The third-order valence-electron chi connectivity index (χ3n) is 3.74. The number of hydrazone groups is 1. The summed E-state index contributed by atoms with van der Waals surface area (Å²) in [7, 11) is 0. The number of aliphatic carboxylic acids is 1. The molecule has 0 radical (unpaired) electrons. The molecule has 0 atom stereocenters. The highest BCUT2D eigenvalue weighted by Gasteiger charge is 2.11. The number of phenols is 1. The van der Waals surface area contributed by atoms with E-state index in [-0.39, 0.29) is 17.1 Å². The summed E-state index contributed by atoms with van der Waals surface area (Å²) in [5.74, 6) is -1.79. The fraction of sp³-hybridized carbons (Fsp3) is 0.0500. The molecule has 3 aromatic rings. The average molecular weight is 363 g/mol. The maximum absolute atomic E-state index is 12.3. The molecule has 7 heteroatoms. The summed E-state index contributed by atoms with van der Waals surface area (Å²) >= 11 is 0. The number of nitrogens with zero attached hydrogens (tertiary/aromatic N) is 1. The number of phenolic OH excluding ortho intramolecular Hbond substituents is 1. The van der Waals surface area contributed by atoms with Crippen molar-refractivity contribution in [1.29, 1.82) is 0 Å². The SMILES string of the molecule is O=C([O-])COc1ccccc1C=NNC(=O)c1cc2ccccc2cc1O. The van der Waals surface area contributed by atoms with Crippen LogP contribution >= 0.6 is 0 Å². The molecule has 0 spiro atoms. The normalized spacial score (nSPS) is 10.8. The first-order chi connectivity index (χ1) is 13.0. The van der Waals surface area contributed by atoms with Crippen LogP contribution in [-0.4, -0.2) is 29.8 Å². The van der Waals surface area contributed by atoms with Gasteiger partial charge in [-0.3, -0.25) is 4.79 Å². The molecule has 0 aliphatic heterocycles. The lowest BCUT2D eigenvalue weighted by Gasteiger charge is -2.09. The van der Waals surface area contributed by atoms with Crippen molar-refractivity contribution < 1.29 is 24.5 Å². The van der Waals surface area contributed by atoms with Gasteiger partial charge in [-0.1, -0.05) is 36.4 Å². The van der Waals surface area contributed by atoms with E-state index >= 15 is 0 Å². The van der Waals surface area contributed by atoms with E-state index in [2.05, 4.69) is 10.5 Å². The van der Waals surface area contributed by atoms with Gasteiger partial charge < -0.3 is 19.7 Å². The Kier molecular flexibility index (Phi) is 5.32. The van der Waals surface area contributed by atoms with Crippen LogP contribution in [0, 0.1) is 0 Å². The first-order valence-corrected chi connectivity index (χ1v) is 8.01. The second kappa shape index (κ2) is 8.01. The van der Waals surface area contributed by atoms with Gasteiger partial charge in [0.15, 0.2) is 0 Å². The summed E-state index contributed by atoms with van der Waals surface area (Å²) in [5, 5.41) is 26.1. The van der Waals surface area contributed by atoms with E-state index in [4.69, 9.17) is 4.74 Å². The number of amides is 1. The second-order valence-corrected chi connectivity index (χ2v) is 5.61. The van der Waals surface area contributed by atoms with Gasteiger partial charge in [0.25, 0.3) is 5.91 Å². The van der Waals surface area contributed by atoms with E-state index in [1.54, 1.807) is 30.3 Å². The largest absolute Gasteiger partial charge is 0.546 e. The predicted octanol–water partition coefficient (Wildman–Crippen LogP) is 1.44. The molecule has 0 bridgehead atoms. The first kappa shape index (κ1) is 17.9. The molecule has 136 valence electrons. The number of fused-ring (bicyclic) bond motifs is 1. The number of nitrogens with one attached hydrogen (secondary N) is 1. The Bertz CT molecular complexity index is 1030. The van der Waals surface area contributed by atoms with Crippen LogP contribution in [0.2, 0.25) is 0 Å². The van der Waals surface area contributed by atoms with Crippen LogP contribution in [0.15, 0.2) is 65.8 Å². The highest BCUT2D eigenvalue weighted by Crippen LogP contribution is 2.24. The summed E-state index contributed by atoms with van der Waals surface area (Å²) in [4.78, 5) is 22.8. The minimum Gasteiger partial charge on any atom is -0.546 e. The molecule has 0 unspecified atom stereocenters. The van der Waals surface area contributed by atoms with Gasteiger partial charge in [-0.15, -0.1) is 0 Å². The van der Waals surface area contributed by atoms with Crippen molar-refractivity contribution in [2.45, 2.75) is 0 Å². The maximum atomic E-state index is 12.3. The molecule has 1 amide bonds. The molecular formula is C20H15N2O5-. The number of hydrogen-bond donors (Lipinski definition) is 2. The molecular weight excluding hydrogens is 348 g/mol.